The monoisotopic (exact) mass is 436 g/mol. The van der Waals surface area contributed by atoms with Gasteiger partial charge in [-0.3, -0.25) is 0 Å². The SMILES string of the molecule is CCCC.C[Si]C.[Zr+2].c1ccc2[cH-]ccc2c1.c1ccc2[cH-]ccc2c1. The normalized spacial score (nSPS) is 8.92. The molecule has 0 heterocycles. The van der Waals surface area contributed by atoms with Gasteiger partial charge < -0.3 is 0 Å². The fraction of sp³-hybridized carbons (Fsp3) is 0.250. The Bertz CT molecular complexity index is 669. The van der Waals surface area contributed by atoms with Crippen LogP contribution in [0.15, 0.2) is 84.9 Å². The van der Waals surface area contributed by atoms with E-state index in [4.69, 9.17) is 0 Å². The van der Waals surface area contributed by atoms with Crippen LogP contribution in [0.5, 0.6) is 0 Å². The molecule has 4 aromatic rings. The number of hydrogen-bond donors (Lipinski definition) is 0. The second-order valence-corrected chi connectivity index (χ2v) is 6.81. The molecule has 4 rings (SSSR count). The van der Waals surface area contributed by atoms with Gasteiger partial charge in [-0.05, 0) is 0 Å². The number of hydrogen-bond acceptors (Lipinski definition) is 0. The summed E-state index contributed by atoms with van der Waals surface area (Å²) in [6.45, 7) is 8.67. The zero-order chi connectivity index (χ0) is 18.3. The molecule has 26 heavy (non-hydrogen) atoms. The summed E-state index contributed by atoms with van der Waals surface area (Å²) in [5.41, 5.74) is 0. The molecule has 0 aromatic heterocycles. The van der Waals surface area contributed by atoms with Crippen LogP contribution in [0.1, 0.15) is 26.7 Å². The van der Waals surface area contributed by atoms with Crippen molar-refractivity contribution in [2.75, 3.05) is 0 Å². The van der Waals surface area contributed by atoms with Crippen LogP contribution in [0.3, 0.4) is 0 Å². The van der Waals surface area contributed by atoms with Gasteiger partial charge in [0.05, 0.1) is 0 Å². The van der Waals surface area contributed by atoms with Gasteiger partial charge >= 0.3 is 26.2 Å². The Morgan fingerprint density at radius 3 is 1.31 bits per heavy atom. The molecule has 0 bridgehead atoms. The maximum Gasteiger partial charge on any atom is 2.00 e. The summed E-state index contributed by atoms with van der Waals surface area (Å²) in [4.78, 5) is 0. The van der Waals surface area contributed by atoms with Gasteiger partial charge in [-0.2, -0.15) is 35.0 Å². The number of fused-ring (bicyclic) bond motifs is 2. The van der Waals surface area contributed by atoms with Gasteiger partial charge in [-0.15, -0.1) is 59.3 Å². The van der Waals surface area contributed by atoms with Gasteiger partial charge in [0.1, 0.15) is 0 Å². The zero-order valence-electron chi connectivity index (χ0n) is 16.5. The van der Waals surface area contributed by atoms with Crippen LogP contribution < -0.4 is 0 Å². The van der Waals surface area contributed by atoms with Crippen molar-refractivity contribution in [3.8, 4) is 0 Å². The second-order valence-electron chi connectivity index (χ2n) is 5.81. The van der Waals surface area contributed by atoms with Crippen molar-refractivity contribution in [1.82, 2.24) is 0 Å². The van der Waals surface area contributed by atoms with E-state index < -0.39 is 0 Å². The zero-order valence-corrected chi connectivity index (χ0v) is 20.0. The molecule has 4 aromatic carbocycles. The minimum Gasteiger partial charge on any atom is -0.168 e. The Labute approximate surface area is 181 Å². The Morgan fingerprint density at radius 1 is 0.654 bits per heavy atom. The van der Waals surface area contributed by atoms with Crippen LogP contribution in [0.4, 0.5) is 0 Å². The molecule has 2 radical (unpaired) electrons. The van der Waals surface area contributed by atoms with E-state index in [1.54, 1.807) is 0 Å². The molecule has 0 amide bonds. The van der Waals surface area contributed by atoms with Gasteiger partial charge in [-0.25, -0.2) is 0 Å². The van der Waals surface area contributed by atoms with Crippen molar-refractivity contribution in [2.24, 2.45) is 0 Å². The molecule has 0 saturated heterocycles. The molecule has 0 saturated carbocycles. The third-order valence-corrected chi connectivity index (χ3v) is 3.60. The van der Waals surface area contributed by atoms with Crippen molar-refractivity contribution >= 4 is 31.1 Å². The first-order valence-corrected chi connectivity index (χ1v) is 11.1. The fourth-order valence-corrected chi connectivity index (χ4v) is 2.14. The van der Waals surface area contributed by atoms with Crippen molar-refractivity contribution in [1.29, 1.82) is 0 Å². The average molecular weight is 438 g/mol. The van der Waals surface area contributed by atoms with Crippen LogP contribution in [0.2, 0.25) is 13.1 Å². The topological polar surface area (TPSA) is 0 Å². The third kappa shape index (κ3) is 9.46. The fourth-order valence-electron chi connectivity index (χ4n) is 2.14. The van der Waals surface area contributed by atoms with E-state index in [1.165, 1.54) is 34.4 Å². The largest absolute Gasteiger partial charge is 2.00 e. The molecule has 0 atom stereocenters. The van der Waals surface area contributed by atoms with E-state index in [-0.39, 0.29) is 26.2 Å². The average Bonchev–Trinajstić information content (AvgIpc) is 3.32. The molecule has 0 spiro atoms. The van der Waals surface area contributed by atoms with Gasteiger partial charge in [0.15, 0.2) is 0 Å². The van der Waals surface area contributed by atoms with E-state index in [9.17, 15) is 0 Å². The Hall–Kier alpha value is -1.24. The molecule has 0 aliphatic carbocycles. The van der Waals surface area contributed by atoms with E-state index in [1.807, 2.05) is 0 Å². The molecule has 134 valence electrons. The van der Waals surface area contributed by atoms with E-state index >= 15 is 0 Å². The smallest absolute Gasteiger partial charge is 0.168 e. The standard InChI is InChI=1S/2C9H7.C4H10.C2H6Si.Zr/c2*1-2-5-9-7-3-6-8(9)4-1;1-3-4-2;1-3-2;/h2*1-7H;3-4H2,1-2H3;1-2H3;/q2*-1;;;+2. The second kappa shape index (κ2) is 16.0. The Balaban J connectivity index is 0.000000350. The van der Waals surface area contributed by atoms with Crippen LogP contribution in [0.25, 0.3) is 21.5 Å². The summed E-state index contributed by atoms with van der Waals surface area (Å²) >= 11 is 0. The molecular formula is C24H30SiZr. The summed E-state index contributed by atoms with van der Waals surface area (Å²) in [5.74, 6) is 0. The first kappa shape index (κ1) is 24.8. The van der Waals surface area contributed by atoms with Gasteiger partial charge in [-0.1, -0.05) is 51.9 Å². The summed E-state index contributed by atoms with van der Waals surface area (Å²) < 4.78 is 0. The van der Waals surface area contributed by atoms with E-state index in [0.29, 0.717) is 0 Å². The molecule has 0 fully saturated rings. The molecule has 0 unspecified atom stereocenters. The van der Waals surface area contributed by atoms with E-state index in [0.717, 1.165) is 9.52 Å². The number of rotatable bonds is 1. The summed E-state index contributed by atoms with van der Waals surface area (Å²) in [6, 6.07) is 29.3. The van der Waals surface area contributed by atoms with Gasteiger partial charge in [0.2, 0.25) is 0 Å². The van der Waals surface area contributed by atoms with Crippen LogP contribution in [-0.2, 0) is 26.2 Å². The van der Waals surface area contributed by atoms with Crippen molar-refractivity contribution in [3.63, 3.8) is 0 Å². The molecule has 0 nitrogen and oxygen atoms in total. The molecule has 0 N–H and O–H groups in total. The predicted octanol–water partition coefficient (Wildman–Crippen LogP) is 7.71. The molecule has 2 heteroatoms. The third-order valence-electron chi connectivity index (χ3n) is 3.60. The first-order valence-electron chi connectivity index (χ1n) is 9.06. The Morgan fingerprint density at radius 2 is 1.00 bits per heavy atom. The minimum absolute atomic E-state index is 0. The van der Waals surface area contributed by atoms with Gasteiger partial charge in [0, 0.05) is 9.52 Å². The first-order chi connectivity index (χ1) is 12.3. The van der Waals surface area contributed by atoms with Crippen LogP contribution in [-0.4, -0.2) is 9.52 Å². The molecule has 0 aliphatic heterocycles. The quantitative estimate of drug-likeness (QED) is 0.211. The van der Waals surface area contributed by atoms with Crippen molar-refractivity contribution in [3.05, 3.63) is 84.9 Å². The minimum atomic E-state index is 0. The van der Waals surface area contributed by atoms with Crippen molar-refractivity contribution in [2.45, 2.75) is 39.8 Å². The number of unbranched alkanes of at least 4 members (excludes halogenated alkanes) is 1. The summed E-state index contributed by atoms with van der Waals surface area (Å²) in [6.07, 6.45) is 2.64. The maximum atomic E-state index is 2.18. The molecule has 0 aliphatic rings. The maximum absolute atomic E-state index is 2.18. The Kier molecular flexibility index (Phi) is 15.2. The summed E-state index contributed by atoms with van der Waals surface area (Å²) in [7, 11) is 1.08. The van der Waals surface area contributed by atoms with Crippen molar-refractivity contribution < 1.29 is 26.2 Å². The molecular weight excluding hydrogens is 408 g/mol. The van der Waals surface area contributed by atoms with Gasteiger partial charge in [0.25, 0.3) is 0 Å². The predicted molar refractivity (Wildman–Crippen MR) is 117 cm³/mol. The summed E-state index contributed by atoms with van der Waals surface area (Å²) in [5, 5.41) is 5.32. The van der Waals surface area contributed by atoms with Crippen LogP contribution >= 0.6 is 0 Å². The number of benzene rings is 2. The van der Waals surface area contributed by atoms with Crippen LogP contribution in [0, 0.1) is 0 Å². The van der Waals surface area contributed by atoms with E-state index in [2.05, 4.69) is 112 Å².